The predicted molar refractivity (Wildman–Crippen MR) is 250 cm³/mol. The largest absolute Gasteiger partial charge is 0.456 e. The van der Waals surface area contributed by atoms with Gasteiger partial charge in [0.25, 0.3) is 0 Å². The monoisotopic (exact) mass is 774 g/mol. The molecule has 0 spiro atoms. The molecule has 2 aliphatic rings. The summed E-state index contributed by atoms with van der Waals surface area (Å²) in [4.78, 5) is 4.93. The molecule has 3 nitrogen and oxygen atoms in total. The highest BCUT2D eigenvalue weighted by Crippen LogP contribution is 2.56. The van der Waals surface area contributed by atoms with E-state index in [-0.39, 0.29) is 0 Å². The van der Waals surface area contributed by atoms with Crippen LogP contribution >= 0.6 is 11.3 Å². The van der Waals surface area contributed by atoms with Crippen LogP contribution in [0.3, 0.4) is 0 Å². The molecule has 0 unspecified atom stereocenters. The highest BCUT2D eigenvalue weighted by Gasteiger charge is 2.30. The van der Waals surface area contributed by atoms with E-state index in [9.17, 15) is 5.26 Å². The fraction of sp³-hybridized carbons (Fsp3) is 0. The van der Waals surface area contributed by atoms with E-state index in [4.69, 9.17) is 11.0 Å². The van der Waals surface area contributed by atoms with Gasteiger partial charge in [-0.15, -0.1) is 11.3 Å². The van der Waals surface area contributed by atoms with Crippen LogP contribution in [0.1, 0.15) is 5.56 Å². The fourth-order valence-corrected chi connectivity index (χ4v) is 11.7. The Balaban J connectivity index is 1.15. The lowest BCUT2D eigenvalue weighted by Gasteiger charge is -2.18. The van der Waals surface area contributed by atoms with Crippen LogP contribution in [0.4, 0.5) is 5.69 Å². The summed E-state index contributed by atoms with van der Waals surface area (Å²) in [5.74, 6) is 0.788. The van der Waals surface area contributed by atoms with Gasteiger partial charge in [0.05, 0.1) is 18.2 Å². The van der Waals surface area contributed by atoms with Gasteiger partial charge in [0.15, 0.2) is 5.69 Å². The van der Waals surface area contributed by atoms with E-state index in [1.165, 1.54) is 98.0 Å². The van der Waals surface area contributed by atoms with Crippen LogP contribution in [-0.4, -0.2) is 0 Å². The molecule has 0 saturated carbocycles. The van der Waals surface area contributed by atoms with E-state index in [1.54, 1.807) is 11.3 Å². The van der Waals surface area contributed by atoms with Gasteiger partial charge in [-0.1, -0.05) is 97.1 Å². The third-order valence-electron chi connectivity index (χ3n) is 13.1. The molecule has 14 rings (SSSR count). The number of hydrogen-bond donors (Lipinski definition) is 0. The Morgan fingerprint density at radius 1 is 0.467 bits per heavy atom. The second-order valence-corrected chi connectivity index (χ2v) is 17.2. The maximum Gasteiger partial charge on any atom is 0.188 e. The SMILES string of the molecule is [C-]#[N+]c1ccc2cc(-c3cc4c5cc6c(c(-c7cc8ccc(C#N)cc8o7)c5ccc4c4cc5c(cc34)-c3cccc4cccc-5c34)-c3cccc4cccc-6c34)sc2c1. The van der Waals surface area contributed by atoms with Crippen molar-refractivity contribution in [2.24, 2.45) is 0 Å². The number of thiophene rings is 1. The first-order chi connectivity index (χ1) is 29.6. The van der Waals surface area contributed by atoms with Crippen molar-refractivity contribution in [3.63, 3.8) is 0 Å². The number of hydrogen-bond acceptors (Lipinski definition) is 3. The highest BCUT2D eigenvalue weighted by molar-refractivity contribution is 7.22. The molecule has 0 amide bonds. The van der Waals surface area contributed by atoms with Crippen molar-refractivity contribution in [2.45, 2.75) is 0 Å². The predicted octanol–water partition coefficient (Wildman–Crippen LogP) is 16.5. The van der Waals surface area contributed by atoms with E-state index in [2.05, 4.69) is 138 Å². The molecule has 2 aromatic heterocycles. The van der Waals surface area contributed by atoms with Crippen LogP contribution < -0.4 is 0 Å². The molecular formula is C56H26N2OS. The number of benzene rings is 10. The Hall–Kier alpha value is -8.02. The summed E-state index contributed by atoms with van der Waals surface area (Å²) in [5, 5.41) is 24.0. The summed E-state index contributed by atoms with van der Waals surface area (Å²) in [7, 11) is 0. The van der Waals surface area contributed by atoms with Gasteiger partial charge in [-0.2, -0.15) is 5.26 Å². The maximum atomic E-state index is 9.75. The number of nitrogens with zero attached hydrogens (tertiary/aromatic N) is 2. The molecule has 4 heteroatoms. The molecule has 0 radical (unpaired) electrons. The summed E-state index contributed by atoms with van der Waals surface area (Å²) in [6.07, 6.45) is 0. The van der Waals surface area contributed by atoms with E-state index in [0.717, 1.165) is 37.6 Å². The molecule has 0 aliphatic heterocycles. The van der Waals surface area contributed by atoms with Gasteiger partial charge in [0.1, 0.15) is 11.3 Å². The average molecular weight is 775 g/mol. The Morgan fingerprint density at radius 3 is 1.83 bits per heavy atom. The second-order valence-electron chi connectivity index (χ2n) is 16.1. The van der Waals surface area contributed by atoms with Crippen LogP contribution in [0.25, 0.3) is 146 Å². The van der Waals surface area contributed by atoms with Crippen molar-refractivity contribution in [2.75, 3.05) is 0 Å². The minimum Gasteiger partial charge on any atom is -0.456 e. The highest BCUT2D eigenvalue weighted by atomic mass is 32.1. The fourth-order valence-electron chi connectivity index (χ4n) is 10.6. The molecule has 0 atom stereocenters. The normalized spacial score (nSPS) is 12.3. The van der Waals surface area contributed by atoms with Crippen LogP contribution in [0.15, 0.2) is 162 Å². The van der Waals surface area contributed by atoms with E-state index >= 15 is 0 Å². The Morgan fingerprint density at radius 2 is 1.08 bits per heavy atom. The Labute approximate surface area is 347 Å². The molecular weight excluding hydrogens is 749 g/mol. The molecule has 0 saturated heterocycles. The zero-order valence-corrected chi connectivity index (χ0v) is 32.5. The van der Waals surface area contributed by atoms with Crippen molar-refractivity contribution >= 4 is 91.9 Å². The second kappa shape index (κ2) is 11.3. The van der Waals surface area contributed by atoms with E-state index < -0.39 is 0 Å². The van der Waals surface area contributed by atoms with Crippen molar-refractivity contribution in [3.05, 3.63) is 175 Å². The topological polar surface area (TPSA) is 41.3 Å². The summed E-state index contributed by atoms with van der Waals surface area (Å²) in [6, 6.07) is 59.3. The molecule has 2 heterocycles. The quantitative estimate of drug-likeness (QED) is 0.130. The smallest absolute Gasteiger partial charge is 0.188 e. The lowest BCUT2D eigenvalue weighted by molar-refractivity contribution is 0.632. The molecule has 0 bridgehead atoms. The number of nitriles is 1. The van der Waals surface area contributed by atoms with Gasteiger partial charge in [-0.05, 0) is 159 Å². The van der Waals surface area contributed by atoms with Crippen LogP contribution in [-0.2, 0) is 0 Å². The van der Waals surface area contributed by atoms with Crippen LogP contribution in [0.2, 0.25) is 0 Å². The number of rotatable bonds is 2. The number of furan rings is 1. The van der Waals surface area contributed by atoms with Gasteiger partial charge in [0, 0.05) is 31.7 Å². The standard InChI is InChI=1S/C56H26N2OS/c1-58-34-17-16-33-22-52(60-51(33)23-34)47-26-42-35(41-24-43-36-10-2-6-30-7-3-11-37(53(30)36)44(43)25-46(41)47)18-19-39-45(42)27-48-38-12-4-8-31-9-5-13-40(54(31)38)55(48)56(39)50-21-32-15-14-29(28-57)20-49(32)59-50/h2-27H. The zero-order valence-electron chi connectivity index (χ0n) is 31.7. The molecule has 0 fully saturated rings. The Kier molecular flexibility index (Phi) is 6.05. The summed E-state index contributed by atoms with van der Waals surface area (Å²) in [6.45, 7) is 7.71. The zero-order chi connectivity index (χ0) is 39.4. The van der Waals surface area contributed by atoms with Gasteiger partial charge < -0.3 is 4.42 Å². The lowest BCUT2D eigenvalue weighted by atomic mass is 9.86. The Bertz CT molecular complexity index is 4080. The summed E-state index contributed by atoms with van der Waals surface area (Å²) < 4.78 is 7.90. The minimum absolute atomic E-state index is 0.575. The lowest BCUT2D eigenvalue weighted by Crippen LogP contribution is -1.91. The van der Waals surface area contributed by atoms with E-state index in [0.29, 0.717) is 16.8 Å². The van der Waals surface area contributed by atoms with Gasteiger partial charge >= 0.3 is 0 Å². The van der Waals surface area contributed by atoms with Crippen LogP contribution in [0.5, 0.6) is 0 Å². The van der Waals surface area contributed by atoms with Crippen LogP contribution in [0, 0.1) is 17.9 Å². The first-order valence-electron chi connectivity index (χ1n) is 20.1. The molecule has 12 aromatic rings. The number of fused-ring (bicyclic) bond motifs is 13. The molecule has 10 aromatic carbocycles. The summed E-state index contributed by atoms with van der Waals surface area (Å²) in [5.41, 5.74) is 14.1. The van der Waals surface area contributed by atoms with Gasteiger partial charge in [-0.3, -0.25) is 0 Å². The van der Waals surface area contributed by atoms with Gasteiger partial charge in [-0.25, -0.2) is 4.85 Å². The first kappa shape index (κ1) is 32.0. The van der Waals surface area contributed by atoms with Crippen molar-refractivity contribution in [1.29, 1.82) is 5.26 Å². The van der Waals surface area contributed by atoms with E-state index in [1.807, 2.05) is 30.3 Å². The first-order valence-corrected chi connectivity index (χ1v) is 20.9. The third kappa shape index (κ3) is 4.10. The average Bonchev–Trinajstić information content (AvgIpc) is 4.07. The maximum absolute atomic E-state index is 9.75. The van der Waals surface area contributed by atoms with Crippen molar-refractivity contribution in [3.8, 4) is 72.3 Å². The minimum atomic E-state index is 0.575. The summed E-state index contributed by atoms with van der Waals surface area (Å²) >= 11 is 1.76. The molecule has 272 valence electrons. The van der Waals surface area contributed by atoms with Crippen molar-refractivity contribution in [1.82, 2.24) is 0 Å². The molecule has 60 heavy (non-hydrogen) atoms. The van der Waals surface area contributed by atoms with Gasteiger partial charge in [0.2, 0.25) is 0 Å². The third-order valence-corrected chi connectivity index (χ3v) is 14.3. The molecule has 0 N–H and O–H groups in total. The molecule has 2 aliphatic carbocycles. The van der Waals surface area contributed by atoms with Crippen molar-refractivity contribution < 1.29 is 4.42 Å².